The van der Waals surface area contributed by atoms with Gasteiger partial charge in [-0.3, -0.25) is 9.69 Å². The first-order valence-electron chi connectivity index (χ1n) is 8.41. The lowest BCUT2D eigenvalue weighted by Crippen LogP contribution is -2.35. The fraction of sp³-hybridized carbons (Fsp3) is 0.350. The average molecular weight is 357 g/mol. The number of thiophene rings is 1. The molecule has 0 aliphatic carbocycles. The molecule has 25 heavy (non-hydrogen) atoms. The van der Waals surface area contributed by atoms with Gasteiger partial charge in [-0.2, -0.15) is 0 Å². The summed E-state index contributed by atoms with van der Waals surface area (Å²) in [5.41, 5.74) is 2.14. The zero-order chi connectivity index (χ0) is 17.6. The van der Waals surface area contributed by atoms with Gasteiger partial charge in [0.25, 0.3) is 0 Å². The average Bonchev–Trinajstić information content (AvgIpc) is 3.07. The zero-order valence-corrected chi connectivity index (χ0v) is 15.5. The standard InChI is InChI=1S/C20H23NO3S/c1-15-3-8-20(25-15)18(22)6-4-16-5-7-19(23-2)17(13-16)14-21-9-11-24-12-10-21/h3-8,13H,9-12,14H2,1-2H3. The molecule has 2 aromatic rings. The van der Waals surface area contributed by atoms with Crippen LogP contribution >= 0.6 is 11.3 Å². The Bertz CT molecular complexity index is 760. The summed E-state index contributed by atoms with van der Waals surface area (Å²) in [6.07, 6.45) is 3.52. The fourth-order valence-electron chi connectivity index (χ4n) is 2.85. The highest BCUT2D eigenvalue weighted by molar-refractivity contribution is 7.14. The summed E-state index contributed by atoms with van der Waals surface area (Å²) in [5.74, 6) is 0.924. The van der Waals surface area contributed by atoms with Gasteiger partial charge < -0.3 is 9.47 Å². The molecular weight excluding hydrogens is 334 g/mol. The molecule has 0 atom stereocenters. The quantitative estimate of drug-likeness (QED) is 0.582. The Morgan fingerprint density at radius 3 is 2.76 bits per heavy atom. The molecular formula is C20H23NO3S. The molecule has 0 unspecified atom stereocenters. The third kappa shape index (κ3) is 4.78. The predicted molar refractivity (Wildman–Crippen MR) is 102 cm³/mol. The molecule has 4 nitrogen and oxygen atoms in total. The maximum absolute atomic E-state index is 12.2. The van der Waals surface area contributed by atoms with Crippen molar-refractivity contribution in [2.24, 2.45) is 0 Å². The van der Waals surface area contributed by atoms with E-state index in [1.165, 1.54) is 11.3 Å². The Morgan fingerprint density at radius 1 is 1.28 bits per heavy atom. The van der Waals surface area contributed by atoms with Crippen molar-refractivity contribution < 1.29 is 14.3 Å². The molecule has 1 fully saturated rings. The number of hydrogen-bond donors (Lipinski definition) is 0. The predicted octanol–water partition coefficient (Wildman–Crippen LogP) is 3.79. The third-order valence-corrected chi connectivity index (χ3v) is 5.23. The smallest absolute Gasteiger partial charge is 0.195 e. The van der Waals surface area contributed by atoms with Crippen LogP contribution in [0.2, 0.25) is 0 Å². The van der Waals surface area contributed by atoms with Crippen molar-refractivity contribution in [1.29, 1.82) is 0 Å². The zero-order valence-electron chi connectivity index (χ0n) is 14.7. The van der Waals surface area contributed by atoms with E-state index in [1.54, 1.807) is 13.2 Å². The molecule has 0 radical (unpaired) electrons. The van der Waals surface area contributed by atoms with Crippen LogP contribution < -0.4 is 4.74 Å². The van der Waals surface area contributed by atoms with Gasteiger partial charge in [0.1, 0.15) is 5.75 Å². The second-order valence-corrected chi connectivity index (χ2v) is 7.36. The summed E-state index contributed by atoms with van der Waals surface area (Å²) >= 11 is 1.52. The van der Waals surface area contributed by atoms with E-state index >= 15 is 0 Å². The molecule has 0 spiro atoms. The van der Waals surface area contributed by atoms with E-state index in [1.807, 2.05) is 37.3 Å². The van der Waals surface area contributed by atoms with Crippen molar-refractivity contribution in [2.75, 3.05) is 33.4 Å². The van der Waals surface area contributed by atoms with Gasteiger partial charge >= 0.3 is 0 Å². The molecule has 1 aromatic heterocycles. The highest BCUT2D eigenvalue weighted by Crippen LogP contribution is 2.23. The van der Waals surface area contributed by atoms with Crippen LogP contribution in [0, 0.1) is 6.92 Å². The molecule has 132 valence electrons. The van der Waals surface area contributed by atoms with Crippen LogP contribution in [0.1, 0.15) is 25.7 Å². The lowest BCUT2D eigenvalue weighted by Gasteiger charge is -2.27. The largest absolute Gasteiger partial charge is 0.496 e. The number of morpholine rings is 1. The number of hydrogen-bond acceptors (Lipinski definition) is 5. The van der Waals surface area contributed by atoms with Gasteiger partial charge in [0.15, 0.2) is 5.78 Å². The van der Waals surface area contributed by atoms with E-state index in [-0.39, 0.29) is 5.78 Å². The van der Waals surface area contributed by atoms with Gasteiger partial charge in [-0.05, 0) is 42.8 Å². The van der Waals surface area contributed by atoms with Crippen molar-refractivity contribution in [3.05, 3.63) is 57.3 Å². The lowest BCUT2D eigenvalue weighted by molar-refractivity contribution is 0.0339. The van der Waals surface area contributed by atoms with Gasteiger partial charge in [-0.15, -0.1) is 11.3 Å². The molecule has 1 aliphatic heterocycles. The maximum atomic E-state index is 12.2. The van der Waals surface area contributed by atoms with Crippen LogP contribution in [0.3, 0.4) is 0 Å². The van der Waals surface area contributed by atoms with Crippen molar-refractivity contribution in [2.45, 2.75) is 13.5 Å². The van der Waals surface area contributed by atoms with Crippen molar-refractivity contribution in [1.82, 2.24) is 4.90 Å². The van der Waals surface area contributed by atoms with Crippen molar-refractivity contribution in [3.8, 4) is 5.75 Å². The second kappa shape index (κ2) is 8.43. The van der Waals surface area contributed by atoms with E-state index in [2.05, 4.69) is 11.0 Å². The number of carbonyl (C=O) groups excluding carboxylic acids is 1. The summed E-state index contributed by atoms with van der Waals surface area (Å²) in [5, 5.41) is 0. The third-order valence-electron chi connectivity index (χ3n) is 4.21. The van der Waals surface area contributed by atoms with Gasteiger partial charge in [0.05, 0.1) is 25.2 Å². The van der Waals surface area contributed by atoms with Crippen LogP contribution in [0.25, 0.3) is 6.08 Å². The van der Waals surface area contributed by atoms with Gasteiger partial charge in [0.2, 0.25) is 0 Å². The van der Waals surface area contributed by atoms with Crippen molar-refractivity contribution >= 4 is 23.2 Å². The highest BCUT2D eigenvalue weighted by Gasteiger charge is 2.13. The SMILES string of the molecule is COc1ccc(C=CC(=O)c2ccc(C)s2)cc1CN1CCOCC1. The molecule has 0 N–H and O–H groups in total. The normalized spacial score (nSPS) is 15.6. The molecule has 3 rings (SSSR count). The number of ketones is 1. The first-order chi connectivity index (χ1) is 12.2. The monoisotopic (exact) mass is 357 g/mol. The van der Waals surface area contributed by atoms with Gasteiger partial charge in [-0.25, -0.2) is 0 Å². The highest BCUT2D eigenvalue weighted by atomic mass is 32.1. The minimum atomic E-state index is 0.0450. The Kier molecular flexibility index (Phi) is 6.02. The Labute approximate surface area is 152 Å². The number of allylic oxidation sites excluding steroid dienone is 1. The molecule has 1 saturated heterocycles. The van der Waals surface area contributed by atoms with E-state index in [4.69, 9.17) is 9.47 Å². The molecule has 0 bridgehead atoms. The number of rotatable bonds is 6. The van der Waals surface area contributed by atoms with Crippen LogP contribution in [0.15, 0.2) is 36.4 Å². The molecule has 0 saturated carbocycles. The molecule has 0 amide bonds. The summed E-state index contributed by atoms with van der Waals surface area (Å²) in [6.45, 7) is 6.24. The molecule has 2 heterocycles. The Balaban J connectivity index is 1.74. The molecule has 1 aliphatic rings. The lowest BCUT2D eigenvalue weighted by atomic mass is 10.1. The molecule has 5 heteroatoms. The first-order valence-corrected chi connectivity index (χ1v) is 9.23. The van der Waals surface area contributed by atoms with Gasteiger partial charge in [-0.1, -0.05) is 12.1 Å². The van der Waals surface area contributed by atoms with Crippen LogP contribution in [0.5, 0.6) is 5.75 Å². The topological polar surface area (TPSA) is 38.8 Å². The number of methoxy groups -OCH3 is 1. The second-order valence-electron chi connectivity index (χ2n) is 6.07. The van der Waals surface area contributed by atoms with Crippen molar-refractivity contribution in [3.63, 3.8) is 0 Å². The van der Waals surface area contributed by atoms with E-state index in [0.29, 0.717) is 0 Å². The van der Waals surface area contributed by atoms with Crippen LogP contribution in [-0.4, -0.2) is 44.1 Å². The number of benzene rings is 1. The minimum absolute atomic E-state index is 0.0450. The minimum Gasteiger partial charge on any atom is -0.496 e. The number of ether oxygens (including phenoxy) is 2. The summed E-state index contributed by atoms with van der Waals surface area (Å²) in [6, 6.07) is 9.89. The fourth-order valence-corrected chi connectivity index (χ4v) is 3.63. The number of carbonyl (C=O) groups is 1. The number of nitrogens with zero attached hydrogens (tertiary/aromatic N) is 1. The number of aryl methyl sites for hydroxylation is 1. The summed E-state index contributed by atoms with van der Waals surface area (Å²) < 4.78 is 10.9. The summed E-state index contributed by atoms with van der Waals surface area (Å²) in [7, 11) is 1.69. The van der Waals surface area contributed by atoms with Gasteiger partial charge in [0, 0.05) is 30.1 Å². The first kappa shape index (κ1) is 17.9. The van der Waals surface area contributed by atoms with E-state index < -0.39 is 0 Å². The summed E-state index contributed by atoms with van der Waals surface area (Å²) in [4.78, 5) is 16.5. The molecule has 1 aromatic carbocycles. The van der Waals surface area contributed by atoms with E-state index in [9.17, 15) is 4.79 Å². The Morgan fingerprint density at radius 2 is 2.08 bits per heavy atom. The van der Waals surface area contributed by atoms with E-state index in [0.717, 1.165) is 59.5 Å². The van der Waals surface area contributed by atoms with Crippen LogP contribution in [-0.2, 0) is 11.3 Å². The van der Waals surface area contributed by atoms with Crippen LogP contribution in [0.4, 0.5) is 0 Å². The maximum Gasteiger partial charge on any atom is 0.195 e. The Hall–Kier alpha value is -1.95.